The van der Waals surface area contributed by atoms with Crippen molar-refractivity contribution >= 4 is 28.4 Å². The van der Waals surface area contributed by atoms with E-state index in [2.05, 4.69) is 0 Å². The third-order valence-electron chi connectivity index (χ3n) is 3.91. The standard InChI is InChI=1S/C18H13ClF3NO3/c1-25-12-7-14-16(15(8-12)26-2)13(10-3-5-11(19)6-4-10)9-23(14)17(24)18(20,21)22/h3-9H,1-2H3. The van der Waals surface area contributed by atoms with Gasteiger partial charge in [0.25, 0.3) is 0 Å². The first-order valence-corrected chi connectivity index (χ1v) is 7.78. The van der Waals surface area contributed by atoms with E-state index in [0.29, 0.717) is 26.1 Å². The van der Waals surface area contributed by atoms with Gasteiger partial charge in [-0.2, -0.15) is 13.2 Å². The first-order chi connectivity index (χ1) is 12.3. The third kappa shape index (κ3) is 3.10. The van der Waals surface area contributed by atoms with E-state index in [1.165, 1.54) is 20.3 Å². The molecule has 0 saturated carbocycles. The second-order valence-electron chi connectivity index (χ2n) is 5.45. The third-order valence-corrected chi connectivity index (χ3v) is 4.17. The molecule has 0 fully saturated rings. The van der Waals surface area contributed by atoms with Gasteiger partial charge in [-0.05, 0) is 17.7 Å². The van der Waals surface area contributed by atoms with E-state index in [4.69, 9.17) is 21.1 Å². The predicted octanol–water partition coefficient (Wildman–Crippen LogP) is 5.18. The second-order valence-corrected chi connectivity index (χ2v) is 5.88. The fourth-order valence-corrected chi connectivity index (χ4v) is 2.86. The average molecular weight is 384 g/mol. The van der Waals surface area contributed by atoms with Crippen molar-refractivity contribution in [2.75, 3.05) is 14.2 Å². The Morgan fingerprint density at radius 3 is 2.27 bits per heavy atom. The molecule has 0 aliphatic rings. The lowest BCUT2D eigenvalue weighted by atomic mass is 10.0. The number of ether oxygens (including phenoxy) is 2. The predicted molar refractivity (Wildman–Crippen MR) is 92.2 cm³/mol. The first kappa shape index (κ1) is 18.1. The zero-order chi connectivity index (χ0) is 19.1. The molecule has 0 N–H and O–H groups in total. The number of alkyl halides is 3. The quantitative estimate of drug-likeness (QED) is 0.625. The normalized spacial score (nSPS) is 11.6. The minimum absolute atomic E-state index is 0.0356. The van der Waals surface area contributed by atoms with Gasteiger partial charge in [0.1, 0.15) is 11.5 Å². The molecule has 0 radical (unpaired) electrons. The van der Waals surface area contributed by atoms with Crippen LogP contribution in [0.1, 0.15) is 4.79 Å². The largest absolute Gasteiger partial charge is 0.497 e. The van der Waals surface area contributed by atoms with Crippen LogP contribution in [-0.4, -0.2) is 30.9 Å². The van der Waals surface area contributed by atoms with E-state index in [0.717, 1.165) is 6.20 Å². The van der Waals surface area contributed by atoms with Crippen molar-refractivity contribution in [1.29, 1.82) is 0 Å². The van der Waals surface area contributed by atoms with Crippen molar-refractivity contribution in [1.82, 2.24) is 4.57 Å². The summed E-state index contributed by atoms with van der Waals surface area (Å²) in [5.41, 5.74) is 1.04. The second kappa shape index (κ2) is 6.57. The number of carbonyl (C=O) groups is 1. The van der Waals surface area contributed by atoms with E-state index in [-0.39, 0.29) is 17.0 Å². The molecule has 2 aromatic carbocycles. The smallest absolute Gasteiger partial charge is 0.472 e. The molecule has 0 spiro atoms. The molecule has 136 valence electrons. The van der Waals surface area contributed by atoms with Crippen molar-refractivity contribution in [3.63, 3.8) is 0 Å². The zero-order valence-corrected chi connectivity index (χ0v) is 14.5. The molecule has 1 heterocycles. The lowest BCUT2D eigenvalue weighted by Gasteiger charge is -2.10. The van der Waals surface area contributed by atoms with Gasteiger partial charge in [0.2, 0.25) is 0 Å². The monoisotopic (exact) mass is 383 g/mol. The fourth-order valence-electron chi connectivity index (χ4n) is 2.73. The summed E-state index contributed by atoms with van der Waals surface area (Å²) in [6.07, 6.45) is -3.88. The lowest BCUT2D eigenvalue weighted by Crippen LogP contribution is -2.28. The minimum atomic E-state index is -5.03. The maximum Gasteiger partial charge on any atom is 0.472 e. The van der Waals surface area contributed by atoms with Crippen molar-refractivity contribution in [2.24, 2.45) is 0 Å². The van der Waals surface area contributed by atoms with Gasteiger partial charge >= 0.3 is 12.1 Å². The van der Waals surface area contributed by atoms with Crippen LogP contribution in [-0.2, 0) is 0 Å². The molecule has 3 aromatic rings. The maximum atomic E-state index is 13.0. The van der Waals surface area contributed by atoms with Gasteiger partial charge in [0.05, 0.1) is 25.1 Å². The van der Waals surface area contributed by atoms with Gasteiger partial charge < -0.3 is 9.47 Å². The highest BCUT2D eigenvalue weighted by Gasteiger charge is 2.41. The Morgan fingerprint density at radius 1 is 1.08 bits per heavy atom. The van der Waals surface area contributed by atoms with Crippen LogP contribution in [0.2, 0.25) is 5.02 Å². The number of hydrogen-bond acceptors (Lipinski definition) is 3. The summed E-state index contributed by atoms with van der Waals surface area (Å²) >= 11 is 5.88. The molecule has 8 heteroatoms. The summed E-state index contributed by atoms with van der Waals surface area (Å²) in [4.78, 5) is 11.9. The molecule has 0 unspecified atom stereocenters. The van der Waals surface area contributed by atoms with Crippen LogP contribution in [0.3, 0.4) is 0 Å². The van der Waals surface area contributed by atoms with Gasteiger partial charge in [0, 0.05) is 28.9 Å². The highest BCUT2D eigenvalue weighted by Crippen LogP contribution is 2.40. The van der Waals surface area contributed by atoms with Crippen LogP contribution in [0.25, 0.3) is 22.0 Å². The average Bonchev–Trinajstić information content (AvgIpc) is 2.99. The van der Waals surface area contributed by atoms with Crippen LogP contribution in [0.4, 0.5) is 13.2 Å². The number of fused-ring (bicyclic) bond motifs is 1. The van der Waals surface area contributed by atoms with Crippen molar-refractivity contribution in [3.05, 3.63) is 47.6 Å². The molecular weight excluding hydrogens is 371 g/mol. The topological polar surface area (TPSA) is 40.5 Å². The molecule has 0 aliphatic carbocycles. The Balaban J connectivity index is 2.38. The summed E-state index contributed by atoms with van der Waals surface area (Å²) < 4.78 is 50.1. The van der Waals surface area contributed by atoms with Gasteiger partial charge in [0.15, 0.2) is 0 Å². The van der Waals surface area contributed by atoms with Crippen molar-refractivity contribution < 1.29 is 27.4 Å². The summed E-state index contributed by atoms with van der Waals surface area (Å²) in [5.74, 6) is -1.44. The molecule has 0 saturated heterocycles. The van der Waals surface area contributed by atoms with Gasteiger partial charge in [-0.3, -0.25) is 9.36 Å². The maximum absolute atomic E-state index is 13.0. The lowest BCUT2D eigenvalue weighted by molar-refractivity contribution is -0.0942. The Kier molecular flexibility index (Phi) is 4.58. The Hall–Kier alpha value is -2.67. The number of aromatic nitrogens is 1. The molecule has 3 rings (SSSR count). The highest BCUT2D eigenvalue weighted by molar-refractivity contribution is 6.30. The molecule has 26 heavy (non-hydrogen) atoms. The van der Waals surface area contributed by atoms with Crippen molar-refractivity contribution in [3.8, 4) is 22.6 Å². The fraction of sp³-hybridized carbons (Fsp3) is 0.167. The van der Waals surface area contributed by atoms with Crippen molar-refractivity contribution in [2.45, 2.75) is 6.18 Å². The van der Waals surface area contributed by atoms with E-state index in [1.54, 1.807) is 30.3 Å². The number of methoxy groups -OCH3 is 2. The summed E-state index contributed by atoms with van der Waals surface area (Å²) in [7, 11) is 2.77. The summed E-state index contributed by atoms with van der Waals surface area (Å²) in [5, 5.41) is 0.853. The van der Waals surface area contributed by atoms with Crippen LogP contribution in [0.15, 0.2) is 42.6 Å². The van der Waals surface area contributed by atoms with Gasteiger partial charge in [-0.1, -0.05) is 23.7 Å². The summed E-state index contributed by atoms with van der Waals surface area (Å²) in [6, 6.07) is 9.45. The van der Waals surface area contributed by atoms with E-state index in [9.17, 15) is 18.0 Å². The van der Waals surface area contributed by atoms with E-state index < -0.39 is 12.1 Å². The molecule has 0 atom stereocenters. The first-order valence-electron chi connectivity index (χ1n) is 7.40. The number of halogens is 4. The van der Waals surface area contributed by atoms with E-state index in [1.807, 2.05) is 0 Å². The Morgan fingerprint density at radius 2 is 1.73 bits per heavy atom. The molecule has 1 aromatic heterocycles. The Bertz CT molecular complexity index is 978. The van der Waals surface area contributed by atoms with Gasteiger partial charge in [-0.25, -0.2) is 0 Å². The number of hydrogen-bond donors (Lipinski definition) is 0. The van der Waals surface area contributed by atoms with Gasteiger partial charge in [-0.15, -0.1) is 0 Å². The molecule has 0 amide bonds. The number of carbonyl (C=O) groups excluding carboxylic acids is 1. The zero-order valence-electron chi connectivity index (χ0n) is 13.7. The molecule has 4 nitrogen and oxygen atoms in total. The number of benzene rings is 2. The summed E-state index contributed by atoms with van der Waals surface area (Å²) in [6.45, 7) is 0. The molecular formula is C18H13ClF3NO3. The number of nitrogens with zero attached hydrogens (tertiary/aromatic N) is 1. The van der Waals surface area contributed by atoms with Crippen LogP contribution in [0.5, 0.6) is 11.5 Å². The van der Waals surface area contributed by atoms with Crippen LogP contribution in [0, 0.1) is 0 Å². The highest BCUT2D eigenvalue weighted by atomic mass is 35.5. The minimum Gasteiger partial charge on any atom is -0.497 e. The Labute approximate surface area is 151 Å². The van der Waals surface area contributed by atoms with E-state index >= 15 is 0 Å². The molecule has 0 bridgehead atoms. The molecule has 0 aliphatic heterocycles. The number of rotatable bonds is 3. The van der Waals surface area contributed by atoms with Crippen LogP contribution >= 0.6 is 11.6 Å². The van der Waals surface area contributed by atoms with Crippen LogP contribution < -0.4 is 9.47 Å². The SMILES string of the molecule is COc1cc(OC)c2c(-c3ccc(Cl)cc3)cn(C(=O)C(F)(F)F)c2c1.